The number of hydrogen-bond donors (Lipinski definition) is 1. The van der Waals surface area contributed by atoms with Crippen LogP contribution in [0.1, 0.15) is 12.5 Å². The Hall–Kier alpha value is -3.49. The Morgan fingerprint density at radius 1 is 1.03 bits per heavy atom. The maximum atomic E-state index is 13.3. The summed E-state index contributed by atoms with van der Waals surface area (Å²) < 4.78 is 41.2. The van der Waals surface area contributed by atoms with Crippen molar-refractivity contribution in [3.05, 3.63) is 99.6 Å². The molecule has 1 aromatic heterocycles. The van der Waals surface area contributed by atoms with Crippen molar-refractivity contribution in [2.45, 2.75) is 29.7 Å². The first-order valence-corrected chi connectivity index (χ1v) is 12.3. The van der Waals surface area contributed by atoms with E-state index in [9.17, 15) is 22.4 Å². The molecule has 0 atom stereocenters. The Bertz CT molecular complexity index is 1550. The average Bonchev–Trinajstić information content (AvgIpc) is 2.82. The fourth-order valence-corrected chi connectivity index (χ4v) is 5.08. The molecular formula is C25H20ClFN2O4S. The van der Waals surface area contributed by atoms with Crippen LogP contribution in [0.15, 0.2) is 87.5 Å². The van der Waals surface area contributed by atoms with Gasteiger partial charge in [-0.2, -0.15) is 0 Å². The molecule has 0 fully saturated rings. The molecule has 0 bridgehead atoms. The molecule has 0 aliphatic carbocycles. The van der Waals surface area contributed by atoms with E-state index in [1.165, 1.54) is 59.3 Å². The summed E-state index contributed by atoms with van der Waals surface area (Å²) in [5, 5.41) is 3.21. The fraction of sp³-hybridized carbons (Fsp3) is 0.120. The lowest BCUT2D eigenvalue weighted by atomic mass is 10.1. The third-order valence-electron chi connectivity index (χ3n) is 5.38. The molecule has 6 nitrogen and oxygen atoms in total. The molecule has 4 rings (SSSR count). The Balaban J connectivity index is 1.83. The molecule has 0 aliphatic heterocycles. The van der Waals surface area contributed by atoms with E-state index in [4.69, 9.17) is 11.6 Å². The molecule has 0 spiro atoms. The molecule has 1 heterocycles. The summed E-state index contributed by atoms with van der Waals surface area (Å²) in [7, 11) is -4.18. The van der Waals surface area contributed by atoms with Gasteiger partial charge in [0.2, 0.25) is 21.2 Å². The van der Waals surface area contributed by atoms with Gasteiger partial charge in [0.05, 0.1) is 10.4 Å². The first-order chi connectivity index (χ1) is 16.2. The Kier molecular flexibility index (Phi) is 6.54. The molecule has 0 aliphatic rings. The van der Waals surface area contributed by atoms with Gasteiger partial charge in [-0.25, -0.2) is 12.8 Å². The first kappa shape index (κ1) is 23.7. The number of sulfone groups is 1. The topological polar surface area (TPSA) is 85.2 Å². The van der Waals surface area contributed by atoms with E-state index in [1.807, 2.05) is 13.0 Å². The van der Waals surface area contributed by atoms with Gasteiger partial charge < -0.3 is 9.88 Å². The van der Waals surface area contributed by atoms with Gasteiger partial charge in [-0.05, 0) is 72.6 Å². The van der Waals surface area contributed by atoms with Crippen LogP contribution in [0.2, 0.25) is 5.02 Å². The third-order valence-corrected chi connectivity index (χ3v) is 7.39. The van der Waals surface area contributed by atoms with E-state index in [0.717, 1.165) is 5.56 Å². The Labute approximate surface area is 200 Å². The molecule has 1 N–H and O–H groups in total. The molecular weight excluding hydrogens is 479 g/mol. The van der Waals surface area contributed by atoms with Gasteiger partial charge in [-0.1, -0.05) is 24.6 Å². The highest BCUT2D eigenvalue weighted by atomic mass is 35.5. The van der Waals surface area contributed by atoms with Crippen LogP contribution in [0, 0.1) is 5.82 Å². The van der Waals surface area contributed by atoms with Crippen LogP contribution in [0.25, 0.3) is 10.9 Å². The van der Waals surface area contributed by atoms with Crippen molar-refractivity contribution in [1.29, 1.82) is 0 Å². The quantitative estimate of drug-likeness (QED) is 0.412. The van der Waals surface area contributed by atoms with E-state index in [-0.39, 0.29) is 16.8 Å². The van der Waals surface area contributed by atoms with Crippen LogP contribution >= 0.6 is 11.6 Å². The predicted molar refractivity (Wildman–Crippen MR) is 130 cm³/mol. The van der Waals surface area contributed by atoms with Crippen LogP contribution in [0.5, 0.6) is 0 Å². The van der Waals surface area contributed by atoms with E-state index in [0.29, 0.717) is 22.6 Å². The van der Waals surface area contributed by atoms with Crippen LogP contribution in [0.4, 0.5) is 10.1 Å². The second-order valence-corrected chi connectivity index (χ2v) is 10.0. The minimum atomic E-state index is -4.18. The highest BCUT2D eigenvalue weighted by Gasteiger charge is 2.24. The van der Waals surface area contributed by atoms with Gasteiger partial charge in [-0.3, -0.25) is 9.59 Å². The van der Waals surface area contributed by atoms with Crippen LogP contribution in [-0.2, 0) is 27.6 Å². The zero-order chi connectivity index (χ0) is 24.5. The van der Waals surface area contributed by atoms with Gasteiger partial charge >= 0.3 is 0 Å². The summed E-state index contributed by atoms with van der Waals surface area (Å²) in [6.45, 7) is 1.66. The van der Waals surface area contributed by atoms with Crippen molar-refractivity contribution < 1.29 is 17.6 Å². The number of nitrogens with one attached hydrogen (secondary N) is 1. The monoisotopic (exact) mass is 498 g/mol. The summed E-state index contributed by atoms with van der Waals surface area (Å²) >= 11 is 5.88. The van der Waals surface area contributed by atoms with Gasteiger partial charge in [-0.15, -0.1) is 0 Å². The van der Waals surface area contributed by atoms with E-state index in [2.05, 4.69) is 5.32 Å². The van der Waals surface area contributed by atoms with Crippen molar-refractivity contribution in [3.63, 3.8) is 0 Å². The minimum absolute atomic E-state index is 0.0812. The number of carbonyl (C=O) groups excluding carboxylic acids is 1. The number of aryl methyl sites for hydroxylation is 1. The van der Waals surface area contributed by atoms with Crippen molar-refractivity contribution >= 4 is 43.9 Å². The van der Waals surface area contributed by atoms with Crippen LogP contribution in [-0.4, -0.2) is 18.9 Å². The molecule has 0 saturated heterocycles. The average molecular weight is 499 g/mol. The largest absolute Gasteiger partial charge is 0.336 e. The maximum Gasteiger partial charge on any atom is 0.244 e. The number of anilines is 1. The Morgan fingerprint density at radius 3 is 2.35 bits per heavy atom. The number of carbonyl (C=O) groups is 1. The summed E-state index contributed by atoms with van der Waals surface area (Å²) in [4.78, 5) is 25.5. The summed E-state index contributed by atoms with van der Waals surface area (Å²) in [6.07, 6.45) is 1.83. The summed E-state index contributed by atoms with van der Waals surface area (Å²) in [5.41, 5.74) is 1.02. The van der Waals surface area contributed by atoms with Gasteiger partial charge in [0.25, 0.3) is 0 Å². The highest BCUT2D eigenvalue weighted by Crippen LogP contribution is 2.23. The zero-order valence-corrected chi connectivity index (χ0v) is 19.7. The molecule has 3 aromatic carbocycles. The molecule has 0 unspecified atom stereocenters. The number of halogens is 2. The lowest BCUT2D eigenvalue weighted by Crippen LogP contribution is -2.24. The number of rotatable bonds is 6. The van der Waals surface area contributed by atoms with Crippen molar-refractivity contribution in [2.75, 3.05) is 5.32 Å². The smallest absolute Gasteiger partial charge is 0.244 e. The molecule has 34 heavy (non-hydrogen) atoms. The van der Waals surface area contributed by atoms with Crippen molar-refractivity contribution in [2.24, 2.45) is 0 Å². The SMILES string of the molecule is CCc1ccc2c(c1)c(=O)c(S(=O)(=O)c1ccc(Cl)cc1)cn2CC(=O)Nc1ccc(F)cc1. The standard InChI is InChI=1S/C25H20ClFN2O4S/c1-2-16-3-12-22-21(13-16)25(31)23(34(32,33)20-10-4-17(26)5-11-20)14-29(22)15-24(30)28-19-8-6-18(27)7-9-19/h3-14H,2,15H2,1H3,(H,28,30). The summed E-state index contributed by atoms with van der Waals surface area (Å²) in [5.74, 6) is -0.904. The number of aromatic nitrogens is 1. The first-order valence-electron chi connectivity index (χ1n) is 10.4. The van der Waals surface area contributed by atoms with Gasteiger partial charge in [0.1, 0.15) is 17.3 Å². The van der Waals surface area contributed by atoms with Crippen LogP contribution in [0.3, 0.4) is 0 Å². The van der Waals surface area contributed by atoms with E-state index >= 15 is 0 Å². The van der Waals surface area contributed by atoms with Crippen LogP contribution < -0.4 is 10.7 Å². The number of benzene rings is 3. The Morgan fingerprint density at radius 2 is 1.71 bits per heavy atom. The summed E-state index contributed by atoms with van der Waals surface area (Å²) in [6, 6.07) is 15.9. The second-order valence-electron chi connectivity index (χ2n) is 7.67. The van der Waals surface area contributed by atoms with Crippen molar-refractivity contribution in [3.8, 4) is 0 Å². The van der Waals surface area contributed by atoms with Crippen molar-refractivity contribution in [1.82, 2.24) is 4.57 Å². The normalized spacial score (nSPS) is 11.5. The fourth-order valence-electron chi connectivity index (χ4n) is 3.59. The molecule has 174 valence electrons. The van der Waals surface area contributed by atoms with E-state index < -0.39 is 31.9 Å². The third kappa shape index (κ3) is 4.73. The minimum Gasteiger partial charge on any atom is -0.336 e. The predicted octanol–water partition coefficient (Wildman–Crippen LogP) is 4.83. The van der Waals surface area contributed by atoms with Gasteiger partial charge in [0.15, 0.2) is 0 Å². The second kappa shape index (κ2) is 9.40. The maximum absolute atomic E-state index is 13.3. The van der Waals surface area contributed by atoms with E-state index in [1.54, 1.807) is 12.1 Å². The lowest BCUT2D eigenvalue weighted by Gasteiger charge is -2.15. The number of amides is 1. The molecule has 9 heteroatoms. The zero-order valence-electron chi connectivity index (χ0n) is 18.1. The number of fused-ring (bicyclic) bond motifs is 1. The van der Waals surface area contributed by atoms with Gasteiger partial charge in [0, 0.05) is 22.3 Å². The number of hydrogen-bond acceptors (Lipinski definition) is 4. The molecule has 1 amide bonds. The number of pyridine rings is 1. The number of nitrogens with zero attached hydrogens (tertiary/aromatic N) is 1. The molecule has 0 saturated carbocycles. The highest BCUT2D eigenvalue weighted by molar-refractivity contribution is 7.91. The molecule has 4 aromatic rings. The molecule has 0 radical (unpaired) electrons. The lowest BCUT2D eigenvalue weighted by molar-refractivity contribution is -0.116.